The molecule has 0 spiro atoms. The molecule has 2 rings (SSSR count). The van der Waals surface area contributed by atoms with Crippen molar-refractivity contribution in [2.75, 3.05) is 6.54 Å². The van der Waals surface area contributed by atoms with Crippen LogP contribution in [0.5, 0.6) is 0 Å². The SMILES string of the molecule is Cc1cc(C(O)C2(CN)CCC(C)(C)CC2)c(C)s1. The third-order valence-corrected chi connectivity index (χ3v) is 5.94. The summed E-state index contributed by atoms with van der Waals surface area (Å²) < 4.78 is 0. The molecule has 0 aromatic carbocycles. The molecule has 1 atom stereocenters. The molecule has 3 N–H and O–H groups in total. The van der Waals surface area contributed by atoms with Gasteiger partial charge < -0.3 is 10.8 Å². The van der Waals surface area contributed by atoms with Gasteiger partial charge in [-0.15, -0.1) is 11.3 Å². The van der Waals surface area contributed by atoms with Crippen LogP contribution in [0.1, 0.15) is 61.0 Å². The van der Waals surface area contributed by atoms with Gasteiger partial charge in [0.05, 0.1) is 6.10 Å². The van der Waals surface area contributed by atoms with Crippen LogP contribution in [0, 0.1) is 24.7 Å². The Bertz CT molecular complexity index is 440. The van der Waals surface area contributed by atoms with Gasteiger partial charge >= 0.3 is 0 Å². The Kier molecular flexibility index (Phi) is 4.10. The van der Waals surface area contributed by atoms with Crippen molar-refractivity contribution < 1.29 is 5.11 Å². The number of hydrogen-bond donors (Lipinski definition) is 2. The number of aliphatic hydroxyl groups excluding tert-OH is 1. The molecule has 1 fully saturated rings. The highest BCUT2D eigenvalue weighted by Crippen LogP contribution is 2.51. The lowest BCUT2D eigenvalue weighted by Crippen LogP contribution is -2.42. The first-order chi connectivity index (χ1) is 8.80. The minimum Gasteiger partial charge on any atom is -0.388 e. The van der Waals surface area contributed by atoms with Gasteiger partial charge in [-0.25, -0.2) is 0 Å². The van der Waals surface area contributed by atoms with E-state index in [1.54, 1.807) is 11.3 Å². The molecular formula is C16H27NOS. The maximum absolute atomic E-state index is 10.9. The largest absolute Gasteiger partial charge is 0.388 e. The molecule has 1 aliphatic carbocycles. The normalized spacial score (nSPS) is 23.3. The molecule has 0 radical (unpaired) electrons. The van der Waals surface area contributed by atoms with E-state index in [9.17, 15) is 5.11 Å². The fourth-order valence-electron chi connectivity index (χ4n) is 3.27. The third kappa shape index (κ3) is 2.88. The van der Waals surface area contributed by atoms with Gasteiger partial charge in [0.2, 0.25) is 0 Å². The van der Waals surface area contributed by atoms with Gasteiger partial charge in [0.25, 0.3) is 0 Å². The van der Waals surface area contributed by atoms with E-state index in [4.69, 9.17) is 5.73 Å². The summed E-state index contributed by atoms with van der Waals surface area (Å²) in [6.07, 6.45) is 3.98. The van der Waals surface area contributed by atoms with Crippen LogP contribution in [0.4, 0.5) is 0 Å². The van der Waals surface area contributed by atoms with E-state index in [1.165, 1.54) is 9.75 Å². The maximum atomic E-state index is 10.9. The van der Waals surface area contributed by atoms with Crippen molar-refractivity contribution in [2.45, 2.75) is 59.5 Å². The van der Waals surface area contributed by atoms with Gasteiger partial charge in [-0.05, 0) is 56.6 Å². The van der Waals surface area contributed by atoms with Gasteiger partial charge in [-0.3, -0.25) is 0 Å². The van der Waals surface area contributed by atoms with Gasteiger partial charge in [0.15, 0.2) is 0 Å². The second-order valence-electron chi connectivity index (χ2n) is 7.00. The molecule has 0 saturated heterocycles. The predicted molar refractivity (Wildman–Crippen MR) is 82.5 cm³/mol. The molecule has 3 heteroatoms. The molecule has 108 valence electrons. The van der Waals surface area contributed by atoms with Crippen molar-refractivity contribution >= 4 is 11.3 Å². The van der Waals surface area contributed by atoms with E-state index < -0.39 is 6.10 Å². The zero-order chi connectivity index (χ0) is 14.3. The summed E-state index contributed by atoms with van der Waals surface area (Å²) in [6, 6.07) is 2.14. The van der Waals surface area contributed by atoms with Gasteiger partial charge in [-0.2, -0.15) is 0 Å². The second kappa shape index (κ2) is 5.19. The fraction of sp³-hybridized carbons (Fsp3) is 0.750. The topological polar surface area (TPSA) is 46.2 Å². The first kappa shape index (κ1) is 15.0. The van der Waals surface area contributed by atoms with E-state index in [0.29, 0.717) is 12.0 Å². The number of aryl methyl sites for hydroxylation is 2. The van der Waals surface area contributed by atoms with E-state index >= 15 is 0 Å². The quantitative estimate of drug-likeness (QED) is 0.881. The molecule has 1 heterocycles. The Morgan fingerprint density at radius 1 is 1.26 bits per heavy atom. The molecule has 1 aromatic rings. The molecule has 1 aromatic heterocycles. The number of hydrogen-bond acceptors (Lipinski definition) is 3. The number of thiophene rings is 1. The predicted octanol–water partition coefficient (Wildman–Crippen LogP) is 3.94. The third-order valence-electron chi connectivity index (χ3n) is 4.96. The van der Waals surface area contributed by atoms with Crippen LogP contribution in [0.3, 0.4) is 0 Å². The zero-order valence-electron chi connectivity index (χ0n) is 12.6. The van der Waals surface area contributed by atoms with Crippen molar-refractivity contribution in [1.82, 2.24) is 0 Å². The summed E-state index contributed by atoms with van der Waals surface area (Å²) in [5.41, 5.74) is 7.45. The van der Waals surface area contributed by atoms with Gasteiger partial charge in [0.1, 0.15) is 0 Å². The minimum atomic E-state index is -0.404. The van der Waals surface area contributed by atoms with Crippen molar-refractivity contribution in [3.8, 4) is 0 Å². The Balaban J connectivity index is 2.25. The van der Waals surface area contributed by atoms with E-state index in [2.05, 4.69) is 33.8 Å². The second-order valence-corrected chi connectivity index (χ2v) is 8.46. The lowest BCUT2D eigenvalue weighted by molar-refractivity contribution is -0.0236. The molecule has 2 nitrogen and oxygen atoms in total. The van der Waals surface area contributed by atoms with Gasteiger partial charge in [0, 0.05) is 21.7 Å². The Morgan fingerprint density at radius 3 is 2.26 bits per heavy atom. The first-order valence-electron chi connectivity index (χ1n) is 7.25. The maximum Gasteiger partial charge on any atom is 0.0869 e. The fourth-order valence-corrected chi connectivity index (χ4v) is 4.22. The monoisotopic (exact) mass is 281 g/mol. The van der Waals surface area contributed by atoms with Crippen molar-refractivity contribution in [3.63, 3.8) is 0 Å². The molecule has 19 heavy (non-hydrogen) atoms. The standard InChI is InChI=1S/C16H27NOS/c1-11-9-13(12(2)19-11)14(18)16(10-17)7-5-15(3,4)6-8-16/h9,14,18H,5-8,10,17H2,1-4H3. The summed E-state index contributed by atoms with van der Waals surface area (Å²) in [7, 11) is 0. The molecule has 1 saturated carbocycles. The number of nitrogens with two attached hydrogens (primary N) is 1. The molecule has 0 bridgehead atoms. The Labute approximate surface area is 121 Å². The van der Waals surface area contributed by atoms with Crippen LogP contribution in [-0.4, -0.2) is 11.7 Å². The lowest BCUT2D eigenvalue weighted by atomic mass is 9.62. The van der Waals surface area contributed by atoms with Crippen LogP contribution < -0.4 is 5.73 Å². The number of rotatable bonds is 3. The van der Waals surface area contributed by atoms with Crippen LogP contribution in [0.25, 0.3) is 0 Å². The average molecular weight is 281 g/mol. The molecule has 1 unspecified atom stereocenters. The summed E-state index contributed by atoms with van der Waals surface area (Å²) in [4.78, 5) is 2.51. The molecule has 1 aliphatic rings. The Morgan fingerprint density at radius 2 is 1.84 bits per heavy atom. The van der Waals surface area contributed by atoms with Crippen LogP contribution in [0.15, 0.2) is 6.07 Å². The average Bonchev–Trinajstić information content (AvgIpc) is 2.68. The molecular weight excluding hydrogens is 254 g/mol. The molecule has 0 aliphatic heterocycles. The highest BCUT2D eigenvalue weighted by atomic mass is 32.1. The molecule has 0 amide bonds. The van der Waals surface area contributed by atoms with Crippen LogP contribution in [0.2, 0.25) is 0 Å². The summed E-state index contributed by atoms with van der Waals surface area (Å²) in [6.45, 7) is 9.43. The van der Waals surface area contributed by atoms with Gasteiger partial charge in [-0.1, -0.05) is 13.8 Å². The first-order valence-corrected chi connectivity index (χ1v) is 8.06. The van der Waals surface area contributed by atoms with Crippen LogP contribution in [-0.2, 0) is 0 Å². The van der Waals surface area contributed by atoms with Crippen molar-refractivity contribution in [3.05, 3.63) is 21.4 Å². The van der Waals surface area contributed by atoms with Crippen molar-refractivity contribution in [2.24, 2.45) is 16.6 Å². The Hall–Kier alpha value is -0.380. The zero-order valence-corrected chi connectivity index (χ0v) is 13.4. The minimum absolute atomic E-state index is 0.117. The highest BCUT2D eigenvalue weighted by Gasteiger charge is 2.43. The lowest BCUT2D eigenvalue weighted by Gasteiger charge is -2.45. The summed E-state index contributed by atoms with van der Waals surface area (Å²) >= 11 is 1.77. The van der Waals surface area contributed by atoms with Crippen LogP contribution >= 0.6 is 11.3 Å². The number of aliphatic hydroxyl groups is 1. The van der Waals surface area contributed by atoms with E-state index in [-0.39, 0.29) is 5.41 Å². The smallest absolute Gasteiger partial charge is 0.0869 e. The van der Waals surface area contributed by atoms with E-state index in [0.717, 1.165) is 31.2 Å². The van der Waals surface area contributed by atoms with E-state index in [1.807, 2.05) is 0 Å². The summed E-state index contributed by atoms with van der Waals surface area (Å²) in [5.74, 6) is 0. The summed E-state index contributed by atoms with van der Waals surface area (Å²) in [5, 5.41) is 10.9. The highest BCUT2D eigenvalue weighted by molar-refractivity contribution is 7.12. The van der Waals surface area contributed by atoms with Crippen molar-refractivity contribution in [1.29, 1.82) is 0 Å².